The summed E-state index contributed by atoms with van der Waals surface area (Å²) in [5.41, 5.74) is 0. The van der Waals surface area contributed by atoms with Gasteiger partial charge in [0.2, 0.25) is 0 Å². The van der Waals surface area contributed by atoms with Gasteiger partial charge in [-0.3, -0.25) is 4.79 Å². The summed E-state index contributed by atoms with van der Waals surface area (Å²) in [5.74, 6) is -7.41. The molecule has 0 aromatic rings. The van der Waals surface area contributed by atoms with E-state index in [0.717, 1.165) is 6.42 Å². The Hall–Kier alpha value is -0.920. The molecule has 2 saturated heterocycles. The Morgan fingerprint density at radius 3 is 2.32 bits per heavy atom. The van der Waals surface area contributed by atoms with Crippen LogP contribution in [0.1, 0.15) is 25.7 Å². The third-order valence-electron chi connectivity index (χ3n) is 3.75. The van der Waals surface area contributed by atoms with Gasteiger partial charge in [-0.25, -0.2) is 0 Å². The summed E-state index contributed by atoms with van der Waals surface area (Å²) in [5, 5.41) is 3.05. The molecule has 110 valence electrons. The Bertz CT molecular complexity index is 351. The largest absolute Gasteiger partial charge is 0.463 e. The molecule has 1 amide bonds. The van der Waals surface area contributed by atoms with Gasteiger partial charge in [0.1, 0.15) is 0 Å². The summed E-state index contributed by atoms with van der Waals surface area (Å²) in [4.78, 5) is 12.2. The molecule has 2 unspecified atom stereocenters. The molecule has 0 radical (unpaired) electrons. The van der Waals surface area contributed by atoms with Gasteiger partial charge in [0, 0.05) is 18.6 Å². The molecule has 2 fully saturated rings. The molecule has 0 aliphatic carbocycles. The molecule has 8 heteroatoms. The lowest BCUT2D eigenvalue weighted by Crippen LogP contribution is -2.56. The van der Waals surface area contributed by atoms with E-state index >= 15 is 0 Å². The topological polar surface area (TPSA) is 32.3 Å². The number of nitrogens with zero attached hydrogens (tertiary/aromatic N) is 1. The van der Waals surface area contributed by atoms with E-state index < -0.39 is 24.0 Å². The zero-order valence-corrected chi connectivity index (χ0v) is 10.1. The van der Waals surface area contributed by atoms with Crippen molar-refractivity contribution in [2.75, 3.05) is 13.1 Å². The first kappa shape index (κ1) is 14.5. The fourth-order valence-corrected chi connectivity index (χ4v) is 2.80. The van der Waals surface area contributed by atoms with Gasteiger partial charge in [0.25, 0.3) is 0 Å². The number of hydrogen-bond acceptors (Lipinski definition) is 2. The second-order valence-corrected chi connectivity index (χ2v) is 4.98. The van der Waals surface area contributed by atoms with Gasteiger partial charge in [-0.15, -0.1) is 0 Å². The van der Waals surface area contributed by atoms with Crippen molar-refractivity contribution in [3.05, 3.63) is 0 Å². The third kappa shape index (κ3) is 2.54. The number of likely N-dealkylation sites (tertiary alicyclic amines) is 1. The van der Waals surface area contributed by atoms with Crippen LogP contribution < -0.4 is 5.32 Å². The highest BCUT2D eigenvalue weighted by atomic mass is 19.4. The van der Waals surface area contributed by atoms with Crippen molar-refractivity contribution in [1.29, 1.82) is 0 Å². The van der Waals surface area contributed by atoms with Crippen LogP contribution in [0.2, 0.25) is 0 Å². The van der Waals surface area contributed by atoms with Crippen molar-refractivity contribution in [2.45, 2.75) is 49.9 Å². The SMILES string of the molecule is O=C(N1CCCC1C1CCCN1)C(F)(F)C(F)(F)F. The first-order valence-electron chi connectivity index (χ1n) is 6.24. The normalized spacial score (nSPS) is 29.0. The number of rotatable bonds is 2. The van der Waals surface area contributed by atoms with Crippen LogP contribution >= 0.6 is 0 Å². The summed E-state index contributed by atoms with van der Waals surface area (Å²) in [6.07, 6.45) is -3.36. The molecule has 0 saturated carbocycles. The number of alkyl halides is 5. The lowest BCUT2D eigenvalue weighted by Gasteiger charge is -2.32. The van der Waals surface area contributed by atoms with Crippen LogP contribution in [0.25, 0.3) is 0 Å². The highest BCUT2D eigenvalue weighted by Gasteiger charge is 2.65. The minimum Gasteiger partial charge on any atom is -0.333 e. The predicted octanol–water partition coefficient (Wildman–Crippen LogP) is 1.93. The molecule has 0 aromatic heterocycles. The van der Waals surface area contributed by atoms with E-state index in [0.29, 0.717) is 30.7 Å². The van der Waals surface area contributed by atoms with Crippen LogP contribution in [0, 0.1) is 0 Å². The molecule has 2 rings (SSSR count). The molecule has 2 heterocycles. The van der Waals surface area contributed by atoms with Gasteiger partial charge >= 0.3 is 18.0 Å². The molecular weight excluding hydrogens is 271 g/mol. The molecule has 19 heavy (non-hydrogen) atoms. The third-order valence-corrected chi connectivity index (χ3v) is 3.75. The van der Waals surface area contributed by atoms with E-state index in [1.165, 1.54) is 0 Å². The standard InChI is InChI=1S/C11H15F5N2O/c12-10(13,11(14,15)16)9(19)18-6-2-4-8(18)7-3-1-5-17-7/h7-8,17H,1-6H2. The lowest BCUT2D eigenvalue weighted by atomic mass is 10.0. The van der Waals surface area contributed by atoms with Gasteiger partial charge in [-0.1, -0.05) is 0 Å². The maximum atomic E-state index is 13.1. The Balaban J connectivity index is 2.13. The molecule has 0 bridgehead atoms. The van der Waals surface area contributed by atoms with Gasteiger partial charge in [0.05, 0.1) is 0 Å². The number of halogens is 5. The molecule has 0 aromatic carbocycles. The van der Waals surface area contributed by atoms with Crippen LogP contribution in [0.15, 0.2) is 0 Å². The summed E-state index contributed by atoms with van der Waals surface area (Å²) in [7, 11) is 0. The van der Waals surface area contributed by atoms with E-state index in [1.54, 1.807) is 0 Å². The van der Waals surface area contributed by atoms with Crippen molar-refractivity contribution in [3.8, 4) is 0 Å². The van der Waals surface area contributed by atoms with E-state index in [4.69, 9.17) is 0 Å². The molecule has 1 N–H and O–H groups in total. The Morgan fingerprint density at radius 1 is 1.11 bits per heavy atom. The minimum atomic E-state index is -5.83. The number of nitrogens with one attached hydrogen (secondary N) is 1. The molecule has 2 aliphatic rings. The summed E-state index contributed by atoms with van der Waals surface area (Å²) >= 11 is 0. The van der Waals surface area contributed by atoms with Crippen molar-refractivity contribution in [2.24, 2.45) is 0 Å². The van der Waals surface area contributed by atoms with E-state index in [-0.39, 0.29) is 12.6 Å². The second-order valence-electron chi connectivity index (χ2n) is 4.98. The first-order valence-corrected chi connectivity index (χ1v) is 6.24. The number of amides is 1. The van der Waals surface area contributed by atoms with Crippen molar-refractivity contribution < 1.29 is 26.7 Å². The van der Waals surface area contributed by atoms with Gasteiger partial charge in [-0.05, 0) is 32.2 Å². The molecule has 0 spiro atoms. The van der Waals surface area contributed by atoms with Crippen LogP contribution in [-0.4, -0.2) is 48.1 Å². The quantitative estimate of drug-likeness (QED) is 0.787. The number of carbonyl (C=O) groups is 1. The maximum absolute atomic E-state index is 13.1. The van der Waals surface area contributed by atoms with Crippen LogP contribution in [0.3, 0.4) is 0 Å². The van der Waals surface area contributed by atoms with Gasteiger partial charge < -0.3 is 10.2 Å². The molecule has 3 nitrogen and oxygen atoms in total. The monoisotopic (exact) mass is 286 g/mol. The van der Waals surface area contributed by atoms with E-state index in [1.807, 2.05) is 0 Å². The summed E-state index contributed by atoms with van der Waals surface area (Å²) in [6.45, 7) is 0.673. The Kier molecular flexibility index (Phi) is 3.72. The maximum Gasteiger partial charge on any atom is 0.463 e. The van der Waals surface area contributed by atoms with Gasteiger partial charge in [0.15, 0.2) is 0 Å². The second kappa shape index (κ2) is 4.88. The zero-order valence-electron chi connectivity index (χ0n) is 10.1. The first-order chi connectivity index (χ1) is 8.75. The number of hydrogen-bond donors (Lipinski definition) is 1. The fourth-order valence-electron chi connectivity index (χ4n) is 2.80. The summed E-state index contributed by atoms with van der Waals surface area (Å²) in [6, 6.07) is -0.723. The van der Waals surface area contributed by atoms with E-state index in [9.17, 15) is 26.7 Å². The van der Waals surface area contributed by atoms with Crippen molar-refractivity contribution in [3.63, 3.8) is 0 Å². The smallest absolute Gasteiger partial charge is 0.333 e. The van der Waals surface area contributed by atoms with Gasteiger partial charge in [-0.2, -0.15) is 22.0 Å². The predicted molar refractivity (Wildman–Crippen MR) is 56.8 cm³/mol. The summed E-state index contributed by atoms with van der Waals surface area (Å²) < 4.78 is 62.9. The van der Waals surface area contributed by atoms with Crippen molar-refractivity contribution in [1.82, 2.24) is 10.2 Å². The lowest BCUT2D eigenvalue weighted by molar-refractivity contribution is -0.274. The Labute approximate surface area is 107 Å². The van der Waals surface area contributed by atoms with E-state index in [2.05, 4.69) is 5.32 Å². The molecular formula is C11H15F5N2O. The molecule has 2 atom stereocenters. The molecule has 2 aliphatic heterocycles. The average Bonchev–Trinajstić information content (AvgIpc) is 2.96. The highest BCUT2D eigenvalue weighted by Crippen LogP contribution is 2.39. The number of carbonyl (C=O) groups excluding carboxylic acids is 1. The Morgan fingerprint density at radius 2 is 1.79 bits per heavy atom. The minimum absolute atomic E-state index is 0.0344. The fraction of sp³-hybridized carbons (Fsp3) is 0.909. The zero-order chi connectivity index (χ0) is 14.3. The van der Waals surface area contributed by atoms with Crippen LogP contribution in [0.5, 0.6) is 0 Å². The highest BCUT2D eigenvalue weighted by molar-refractivity contribution is 5.85. The van der Waals surface area contributed by atoms with Crippen molar-refractivity contribution >= 4 is 5.91 Å². The van der Waals surface area contributed by atoms with Crippen LogP contribution in [0.4, 0.5) is 22.0 Å². The van der Waals surface area contributed by atoms with Crippen LogP contribution in [-0.2, 0) is 4.79 Å². The average molecular weight is 286 g/mol.